The fraction of sp³-hybridized carbons (Fsp3) is 0.929. The molecular formula is C14H26N2O. The molecule has 2 N–H and O–H groups in total. The molecule has 1 saturated heterocycles. The van der Waals surface area contributed by atoms with E-state index in [1.54, 1.807) is 0 Å². The van der Waals surface area contributed by atoms with E-state index in [9.17, 15) is 4.79 Å². The third kappa shape index (κ3) is 2.65. The molecule has 0 radical (unpaired) electrons. The van der Waals surface area contributed by atoms with E-state index in [2.05, 4.69) is 31.4 Å². The quantitative estimate of drug-likeness (QED) is 0.770. The van der Waals surface area contributed by atoms with Gasteiger partial charge in [-0.1, -0.05) is 27.2 Å². The second-order valence-corrected chi connectivity index (χ2v) is 6.46. The summed E-state index contributed by atoms with van der Waals surface area (Å²) in [7, 11) is 0. The van der Waals surface area contributed by atoms with Gasteiger partial charge in [0.15, 0.2) is 0 Å². The Bertz CT molecular complexity index is 293. The second kappa shape index (κ2) is 4.60. The fourth-order valence-electron chi connectivity index (χ4n) is 3.06. The van der Waals surface area contributed by atoms with Crippen molar-refractivity contribution in [1.29, 1.82) is 0 Å². The summed E-state index contributed by atoms with van der Waals surface area (Å²) >= 11 is 0. The topological polar surface area (TPSA) is 41.1 Å². The Kier molecular flexibility index (Phi) is 3.48. The van der Waals surface area contributed by atoms with Crippen molar-refractivity contribution < 1.29 is 4.79 Å². The first-order valence-corrected chi connectivity index (χ1v) is 7.03. The molecule has 3 nitrogen and oxygen atoms in total. The van der Waals surface area contributed by atoms with Crippen LogP contribution in [-0.2, 0) is 4.79 Å². The van der Waals surface area contributed by atoms with Gasteiger partial charge in [0.05, 0.1) is 5.54 Å². The number of carbonyl (C=O) groups excluding carboxylic acids is 1. The minimum Gasteiger partial charge on any atom is -0.354 e. The first-order chi connectivity index (χ1) is 8.00. The highest BCUT2D eigenvalue weighted by Crippen LogP contribution is 2.51. The molecule has 2 atom stereocenters. The molecule has 1 heterocycles. The SMILES string of the molecule is CCCC1(C(=O)NCC2CC2(C)C)CCCN1. The zero-order valence-electron chi connectivity index (χ0n) is 11.4. The van der Waals surface area contributed by atoms with E-state index in [1.165, 1.54) is 6.42 Å². The van der Waals surface area contributed by atoms with Gasteiger partial charge < -0.3 is 10.6 Å². The molecular weight excluding hydrogens is 212 g/mol. The first kappa shape index (κ1) is 12.9. The predicted molar refractivity (Wildman–Crippen MR) is 69.8 cm³/mol. The van der Waals surface area contributed by atoms with Gasteiger partial charge in [-0.25, -0.2) is 0 Å². The van der Waals surface area contributed by atoms with Crippen LogP contribution in [0.25, 0.3) is 0 Å². The predicted octanol–water partition coefficient (Wildman–Crippen LogP) is 2.07. The smallest absolute Gasteiger partial charge is 0.240 e. The number of hydrogen-bond acceptors (Lipinski definition) is 2. The van der Waals surface area contributed by atoms with Crippen molar-refractivity contribution in [3.63, 3.8) is 0 Å². The Morgan fingerprint density at radius 2 is 2.18 bits per heavy atom. The van der Waals surface area contributed by atoms with E-state index in [0.29, 0.717) is 11.3 Å². The molecule has 2 unspecified atom stereocenters. The third-order valence-corrected chi connectivity index (χ3v) is 4.58. The number of rotatable bonds is 5. The maximum Gasteiger partial charge on any atom is 0.240 e. The molecule has 0 spiro atoms. The normalized spacial score (nSPS) is 34.6. The van der Waals surface area contributed by atoms with E-state index in [-0.39, 0.29) is 11.4 Å². The van der Waals surface area contributed by atoms with Crippen LogP contribution in [0.1, 0.15) is 52.9 Å². The molecule has 1 aliphatic heterocycles. The highest BCUT2D eigenvalue weighted by molar-refractivity contribution is 5.86. The van der Waals surface area contributed by atoms with Gasteiger partial charge in [0.1, 0.15) is 0 Å². The number of hydrogen-bond donors (Lipinski definition) is 2. The molecule has 2 rings (SSSR count). The molecule has 0 aromatic heterocycles. The van der Waals surface area contributed by atoms with E-state index in [1.807, 2.05) is 0 Å². The summed E-state index contributed by atoms with van der Waals surface area (Å²) in [5.41, 5.74) is 0.197. The van der Waals surface area contributed by atoms with E-state index in [4.69, 9.17) is 0 Å². The van der Waals surface area contributed by atoms with E-state index >= 15 is 0 Å². The van der Waals surface area contributed by atoms with E-state index in [0.717, 1.165) is 38.8 Å². The summed E-state index contributed by atoms with van der Waals surface area (Å²) in [6, 6.07) is 0. The summed E-state index contributed by atoms with van der Waals surface area (Å²) < 4.78 is 0. The molecule has 1 aliphatic carbocycles. The van der Waals surface area contributed by atoms with E-state index < -0.39 is 0 Å². The highest BCUT2D eigenvalue weighted by Gasteiger charge is 2.46. The monoisotopic (exact) mass is 238 g/mol. The molecule has 3 heteroatoms. The van der Waals surface area contributed by atoms with Gasteiger partial charge in [-0.2, -0.15) is 0 Å². The summed E-state index contributed by atoms with van der Waals surface area (Å²) in [5.74, 6) is 0.922. The summed E-state index contributed by atoms with van der Waals surface area (Å²) in [6.45, 7) is 8.55. The van der Waals surface area contributed by atoms with Crippen molar-refractivity contribution in [3.8, 4) is 0 Å². The van der Waals surface area contributed by atoms with Crippen LogP contribution in [0.2, 0.25) is 0 Å². The third-order valence-electron chi connectivity index (χ3n) is 4.58. The number of amides is 1. The standard InChI is InChI=1S/C14H26N2O/c1-4-6-14(7-5-8-16-14)12(17)15-10-11-9-13(11,2)3/h11,16H,4-10H2,1-3H3,(H,15,17). The Balaban J connectivity index is 1.85. The van der Waals surface area contributed by atoms with Crippen molar-refractivity contribution in [2.75, 3.05) is 13.1 Å². The van der Waals surface area contributed by atoms with Crippen LogP contribution in [0.3, 0.4) is 0 Å². The zero-order chi connectivity index (χ0) is 12.5. The molecule has 0 bridgehead atoms. The van der Waals surface area contributed by atoms with Gasteiger partial charge >= 0.3 is 0 Å². The average Bonchev–Trinajstić information content (AvgIpc) is 2.70. The molecule has 2 fully saturated rings. The summed E-state index contributed by atoms with van der Waals surface area (Å²) in [6.07, 6.45) is 5.41. The molecule has 0 aromatic carbocycles. The Morgan fingerprint density at radius 1 is 1.47 bits per heavy atom. The Labute approximate surface area is 105 Å². The largest absolute Gasteiger partial charge is 0.354 e. The fourth-order valence-corrected chi connectivity index (χ4v) is 3.06. The second-order valence-electron chi connectivity index (χ2n) is 6.46. The lowest BCUT2D eigenvalue weighted by atomic mass is 9.91. The summed E-state index contributed by atoms with van der Waals surface area (Å²) in [5, 5.41) is 6.59. The minimum absolute atomic E-state index is 0.236. The maximum absolute atomic E-state index is 12.3. The van der Waals surface area contributed by atoms with Crippen LogP contribution in [0.15, 0.2) is 0 Å². The van der Waals surface area contributed by atoms with Crippen LogP contribution in [-0.4, -0.2) is 24.5 Å². The Morgan fingerprint density at radius 3 is 2.65 bits per heavy atom. The molecule has 2 aliphatic rings. The summed E-state index contributed by atoms with van der Waals surface area (Å²) in [4.78, 5) is 12.3. The van der Waals surface area contributed by atoms with Gasteiger partial charge in [-0.15, -0.1) is 0 Å². The lowest BCUT2D eigenvalue weighted by Crippen LogP contribution is -2.53. The van der Waals surface area contributed by atoms with Gasteiger partial charge in [-0.05, 0) is 43.6 Å². The van der Waals surface area contributed by atoms with Crippen LogP contribution in [0, 0.1) is 11.3 Å². The van der Waals surface area contributed by atoms with Crippen molar-refractivity contribution in [2.24, 2.45) is 11.3 Å². The molecule has 17 heavy (non-hydrogen) atoms. The highest BCUT2D eigenvalue weighted by atomic mass is 16.2. The van der Waals surface area contributed by atoms with Crippen LogP contribution in [0.5, 0.6) is 0 Å². The first-order valence-electron chi connectivity index (χ1n) is 7.03. The van der Waals surface area contributed by atoms with Gasteiger partial charge in [-0.3, -0.25) is 4.79 Å². The van der Waals surface area contributed by atoms with Crippen LogP contribution < -0.4 is 10.6 Å². The minimum atomic E-state index is -0.256. The zero-order valence-corrected chi connectivity index (χ0v) is 11.4. The Hall–Kier alpha value is -0.570. The van der Waals surface area contributed by atoms with Gasteiger partial charge in [0, 0.05) is 6.54 Å². The van der Waals surface area contributed by atoms with Crippen LogP contribution in [0.4, 0.5) is 0 Å². The molecule has 1 amide bonds. The number of carbonyl (C=O) groups is 1. The van der Waals surface area contributed by atoms with Gasteiger partial charge in [0.25, 0.3) is 0 Å². The van der Waals surface area contributed by atoms with Gasteiger partial charge in [0.2, 0.25) is 5.91 Å². The van der Waals surface area contributed by atoms with Crippen molar-refractivity contribution in [1.82, 2.24) is 10.6 Å². The maximum atomic E-state index is 12.3. The molecule has 1 saturated carbocycles. The molecule has 0 aromatic rings. The number of nitrogens with one attached hydrogen (secondary N) is 2. The average molecular weight is 238 g/mol. The van der Waals surface area contributed by atoms with Crippen LogP contribution >= 0.6 is 0 Å². The van der Waals surface area contributed by atoms with Crippen molar-refractivity contribution in [3.05, 3.63) is 0 Å². The van der Waals surface area contributed by atoms with Crippen molar-refractivity contribution >= 4 is 5.91 Å². The lowest BCUT2D eigenvalue weighted by molar-refractivity contribution is -0.127. The lowest BCUT2D eigenvalue weighted by Gasteiger charge is -2.28. The molecule has 98 valence electrons. The van der Waals surface area contributed by atoms with Crippen molar-refractivity contribution in [2.45, 2.75) is 58.4 Å².